The average Bonchev–Trinajstić information content (AvgIpc) is 3.53. The molecule has 1 unspecified atom stereocenters. The second kappa shape index (κ2) is 8.21. The number of anilines is 1. The molecule has 1 fully saturated rings. The Balaban J connectivity index is 1.69. The molecule has 0 spiro atoms. The van der Waals surface area contributed by atoms with Gasteiger partial charge in [-0.3, -0.25) is 9.59 Å². The van der Waals surface area contributed by atoms with Crippen LogP contribution in [0, 0.1) is 5.92 Å². The van der Waals surface area contributed by atoms with Gasteiger partial charge in [0.2, 0.25) is 5.91 Å². The van der Waals surface area contributed by atoms with Gasteiger partial charge in [-0.05, 0) is 62.4 Å². The summed E-state index contributed by atoms with van der Waals surface area (Å²) in [6.45, 7) is 4.03. The Kier molecular flexibility index (Phi) is 5.75. The molecule has 140 valence electrons. The molecule has 0 saturated heterocycles. The predicted molar refractivity (Wildman–Crippen MR) is 109 cm³/mol. The van der Waals surface area contributed by atoms with Gasteiger partial charge in [-0.2, -0.15) is 0 Å². The number of nitrogens with zero attached hydrogens (tertiary/aromatic N) is 1. The van der Waals surface area contributed by atoms with Crippen LogP contribution in [0.4, 0.5) is 5.69 Å². The fourth-order valence-electron chi connectivity index (χ4n) is 3.04. The van der Waals surface area contributed by atoms with Crippen LogP contribution >= 0.6 is 0 Å². The van der Waals surface area contributed by atoms with E-state index in [0.29, 0.717) is 11.5 Å². The van der Waals surface area contributed by atoms with Crippen molar-refractivity contribution in [2.24, 2.45) is 5.92 Å². The minimum absolute atomic E-state index is 0.0191. The first-order valence-corrected chi connectivity index (χ1v) is 9.37. The summed E-state index contributed by atoms with van der Waals surface area (Å²) in [5.41, 5.74) is 3.49. The van der Waals surface area contributed by atoms with Crippen molar-refractivity contribution >= 4 is 17.5 Å². The molecule has 1 saturated carbocycles. The number of benzene rings is 2. The molecule has 0 aliphatic heterocycles. The average molecular weight is 362 g/mol. The fraction of sp³-hybridized carbons (Fsp3) is 0.304. The van der Waals surface area contributed by atoms with Crippen LogP contribution in [0.3, 0.4) is 0 Å². The lowest BCUT2D eigenvalue weighted by molar-refractivity contribution is -0.126. The Hall–Kier alpha value is -2.88. The molecule has 1 N–H and O–H groups in total. The summed E-state index contributed by atoms with van der Waals surface area (Å²) in [7, 11) is 1.82. The number of nitrogens with one attached hydrogen (secondary N) is 1. The molecule has 4 heteroatoms. The van der Waals surface area contributed by atoms with Crippen LogP contribution in [0.25, 0.3) is 0 Å². The summed E-state index contributed by atoms with van der Waals surface area (Å²) in [6.07, 6.45) is 4.14. The maximum Gasteiger partial charge on any atom is 0.255 e. The molecule has 27 heavy (non-hydrogen) atoms. The van der Waals surface area contributed by atoms with Gasteiger partial charge >= 0.3 is 0 Å². The second-order valence-corrected chi connectivity index (χ2v) is 7.23. The quantitative estimate of drug-likeness (QED) is 0.749. The van der Waals surface area contributed by atoms with Crippen LogP contribution in [0.1, 0.15) is 48.7 Å². The lowest BCUT2D eigenvalue weighted by Crippen LogP contribution is -2.28. The first-order valence-electron chi connectivity index (χ1n) is 9.37. The lowest BCUT2D eigenvalue weighted by atomic mass is 10.1. The standard InChI is InChI=1S/C23H26N2O2/c1-16(18-12-13-18)14-22(26)25(3)17(2)20-10-7-11-21(15-20)24-23(27)19-8-5-4-6-9-19/h4-11,14-15,17-18H,12-13H2,1-3H3,(H,24,27). The number of hydrogen-bond acceptors (Lipinski definition) is 2. The summed E-state index contributed by atoms with van der Waals surface area (Å²) >= 11 is 0. The number of amides is 2. The highest BCUT2D eigenvalue weighted by molar-refractivity contribution is 6.04. The molecule has 0 aromatic heterocycles. The number of rotatable bonds is 6. The van der Waals surface area contributed by atoms with Crippen molar-refractivity contribution in [2.45, 2.75) is 32.7 Å². The van der Waals surface area contributed by atoms with E-state index in [2.05, 4.69) is 5.32 Å². The summed E-state index contributed by atoms with van der Waals surface area (Å²) in [5.74, 6) is 0.465. The minimum Gasteiger partial charge on any atom is -0.335 e. The summed E-state index contributed by atoms with van der Waals surface area (Å²) in [5, 5.41) is 2.92. The summed E-state index contributed by atoms with van der Waals surface area (Å²) < 4.78 is 0. The second-order valence-electron chi connectivity index (χ2n) is 7.23. The van der Waals surface area contributed by atoms with Crippen molar-refractivity contribution in [3.63, 3.8) is 0 Å². The van der Waals surface area contributed by atoms with E-state index in [-0.39, 0.29) is 17.9 Å². The van der Waals surface area contributed by atoms with Gasteiger partial charge in [0.25, 0.3) is 5.91 Å². The number of allylic oxidation sites excluding steroid dienone is 1. The predicted octanol–water partition coefficient (Wildman–Crippen LogP) is 4.81. The number of likely N-dealkylation sites (N-methyl/N-ethyl adjacent to an activating group) is 1. The van der Waals surface area contributed by atoms with Gasteiger partial charge in [-0.1, -0.05) is 35.9 Å². The SMILES string of the molecule is CC(=CC(=O)N(C)C(C)c1cccc(NC(=O)c2ccccc2)c1)C1CC1. The van der Waals surface area contributed by atoms with Crippen LogP contribution in [0.15, 0.2) is 66.2 Å². The zero-order valence-corrected chi connectivity index (χ0v) is 16.1. The molecule has 2 amide bonds. The largest absolute Gasteiger partial charge is 0.335 e. The molecular formula is C23H26N2O2. The van der Waals surface area contributed by atoms with Gasteiger partial charge in [0.1, 0.15) is 0 Å². The van der Waals surface area contributed by atoms with Crippen LogP contribution in [0.5, 0.6) is 0 Å². The third-order valence-corrected chi connectivity index (χ3v) is 5.16. The number of carbonyl (C=O) groups excluding carboxylic acids is 2. The molecule has 1 atom stereocenters. The molecule has 4 nitrogen and oxygen atoms in total. The highest BCUT2D eigenvalue weighted by Gasteiger charge is 2.24. The number of carbonyl (C=O) groups is 2. The van der Waals surface area contributed by atoms with Crippen molar-refractivity contribution in [2.75, 3.05) is 12.4 Å². The molecule has 1 aliphatic carbocycles. The Bertz CT molecular complexity index is 854. The van der Waals surface area contributed by atoms with E-state index in [0.717, 1.165) is 11.3 Å². The molecule has 2 aromatic rings. The zero-order valence-electron chi connectivity index (χ0n) is 16.1. The van der Waals surface area contributed by atoms with Gasteiger partial charge in [-0.25, -0.2) is 0 Å². The summed E-state index contributed by atoms with van der Waals surface area (Å²) in [6, 6.07) is 16.7. The van der Waals surface area contributed by atoms with Crippen molar-refractivity contribution in [3.05, 3.63) is 77.4 Å². The molecule has 2 aromatic carbocycles. The first kappa shape index (κ1) is 18.9. The molecule has 3 rings (SSSR count). The van der Waals surface area contributed by atoms with Crippen LogP contribution < -0.4 is 5.32 Å². The van der Waals surface area contributed by atoms with Crippen molar-refractivity contribution < 1.29 is 9.59 Å². The molecule has 0 bridgehead atoms. The Morgan fingerprint density at radius 3 is 2.48 bits per heavy atom. The summed E-state index contributed by atoms with van der Waals surface area (Å²) in [4.78, 5) is 26.6. The highest BCUT2D eigenvalue weighted by Crippen LogP contribution is 2.36. The van der Waals surface area contributed by atoms with Gasteiger partial charge in [0.15, 0.2) is 0 Å². The van der Waals surface area contributed by atoms with Crippen molar-refractivity contribution in [1.82, 2.24) is 4.90 Å². The lowest BCUT2D eigenvalue weighted by Gasteiger charge is -2.25. The van der Waals surface area contributed by atoms with Crippen LogP contribution in [0.2, 0.25) is 0 Å². The third-order valence-electron chi connectivity index (χ3n) is 5.16. The smallest absolute Gasteiger partial charge is 0.255 e. The van der Waals surface area contributed by atoms with E-state index < -0.39 is 0 Å². The number of hydrogen-bond donors (Lipinski definition) is 1. The van der Waals surface area contributed by atoms with Crippen LogP contribution in [-0.2, 0) is 4.79 Å². The van der Waals surface area contributed by atoms with E-state index >= 15 is 0 Å². The van der Waals surface area contributed by atoms with Crippen molar-refractivity contribution in [1.29, 1.82) is 0 Å². The molecule has 0 heterocycles. The van der Waals surface area contributed by atoms with Gasteiger partial charge < -0.3 is 10.2 Å². The minimum atomic E-state index is -0.146. The maximum atomic E-state index is 12.5. The molecule has 0 radical (unpaired) electrons. The Labute approximate surface area is 160 Å². The van der Waals surface area contributed by atoms with E-state index in [1.807, 2.05) is 63.4 Å². The fourth-order valence-corrected chi connectivity index (χ4v) is 3.04. The van der Waals surface area contributed by atoms with E-state index in [4.69, 9.17) is 0 Å². The van der Waals surface area contributed by atoms with Gasteiger partial charge in [0.05, 0.1) is 6.04 Å². The van der Waals surface area contributed by atoms with E-state index in [1.54, 1.807) is 23.1 Å². The normalized spacial score (nSPS) is 15.1. The van der Waals surface area contributed by atoms with Gasteiger partial charge in [0, 0.05) is 24.4 Å². The first-order chi connectivity index (χ1) is 13.0. The van der Waals surface area contributed by atoms with E-state index in [1.165, 1.54) is 18.4 Å². The zero-order chi connectivity index (χ0) is 19.4. The Morgan fingerprint density at radius 2 is 1.81 bits per heavy atom. The monoisotopic (exact) mass is 362 g/mol. The van der Waals surface area contributed by atoms with Crippen molar-refractivity contribution in [3.8, 4) is 0 Å². The topological polar surface area (TPSA) is 49.4 Å². The molecular weight excluding hydrogens is 336 g/mol. The highest BCUT2D eigenvalue weighted by atomic mass is 16.2. The maximum absolute atomic E-state index is 12.5. The third kappa shape index (κ3) is 4.85. The van der Waals surface area contributed by atoms with Crippen LogP contribution in [-0.4, -0.2) is 23.8 Å². The Morgan fingerprint density at radius 1 is 1.11 bits per heavy atom. The van der Waals surface area contributed by atoms with E-state index in [9.17, 15) is 9.59 Å². The molecule has 1 aliphatic rings. The van der Waals surface area contributed by atoms with Gasteiger partial charge in [-0.15, -0.1) is 0 Å².